The van der Waals surface area contributed by atoms with E-state index in [2.05, 4.69) is 0 Å². The molecule has 0 saturated carbocycles. The van der Waals surface area contributed by atoms with E-state index in [0.29, 0.717) is 11.1 Å². The van der Waals surface area contributed by atoms with Crippen LogP contribution in [0.5, 0.6) is 0 Å². The minimum absolute atomic E-state index is 0.250. The second kappa shape index (κ2) is 4.56. The molecule has 0 spiro atoms. The molecule has 0 fully saturated rings. The predicted molar refractivity (Wildman–Crippen MR) is 63.5 cm³/mol. The Balaban J connectivity index is 2.71. The van der Waals surface area contributed by atoms with Crippen molar-refractivity contribution in [3.05, 3.63) is 59.2 Å². The van der Waals surface area contributed by atoms with Crippen molar-refractivity contribution >= 4 is 5.97 Å². The maximum atomic E-state index is 13.5. The minimum atomic E-state index is -1.34. The molecule has 0 radical (unpaired) electrons. The Kier molecular flexibility index (Phi) is 3.10. The lowest BCUT2D eigenvalue weighted by molar-refractivity contribution is 0.0693. The molecule has 0 aromatic heterocycles. The van der Waals surface area contributed by atoms with Gasteiger partial charge in [-0.1, -0.05) is 18.2 Å². The smallest absolute Gasteiger partial charge is 0.339 e. The maximum Gasteiger partial charge on any atom is 0.339 e. The molecule has 18 heavy (non-hydrogen) atoms. The van der Waals surface area contributed by atoms with Gasteiger partial charge in [0.15, 0.2) is 0 Å². The molecule has 0 unspecified atom stereocenters. The van der Waals surface area contributed by atoms with Gasteiger partial charge in [-0.25, -0.2) is 13.6 Å². The van der Waals surface area contributed by atoms with Crippen molar-refractivity contribution in [3.63, 3.8) is 0 Å². The fourth-order valence-electron chi connectivity index (χ4n) is 1.90. The Hall–Kier alpha value is -2.23. The lowest BCUT2D eigenvalue weighted by Crippen LogP contribution is -2.04. The average molecular weight is 248 g/mol. The molecular weight excluding hydrogens is 238 g/mol. The van der Waals surface area contributed by atoms with E-state index in [1.54, 1.807) is 6.92 Å². The van der Waals surface area contributed by atoms with Crippen molar-refractivity contribution in [1.29, 1.82) is 0 Å². The van der Waals surface area contributed by atoms with Crippen molar-refractivity contribution in [2.75, 3.05) is 0 Å². The number of hydrogen-bond acceptors (Lipinski definition) is 1. The first kappa shape index (κ1) is 12.2. The molecule has 4 heteroatoms. The van der Waals surface area contributed by atoms with Crippen LogP contribution in [0.15, 0.2) is 36.4 Å². The van der Waals surface area contributed by atoms with Gasteiger partial charge < -0.3 is 5.11 Å². The second-order valence-corrected chi connectivity index (χ2v) is 3.93. The van der Waals surface area contributed by atoms with Crippen molar-refractivity contribution in [2.45, 2.75) is 6.92 Å². The summed E-state index contributed by atoms with van der Waals surface area (Å²) in [6, 6.07) is 7.98. The largest absolute Gasteiger partial charge is 0.478 e. The summed E-state index contributed by atoms with van der Waals surface area (Å²) in [6.45, 7) is 1.65. The summed E-state index contributed by atoms with van der Waals surface area (Å²) in [6.07, 6.45) is 0. The first-order valence-electron chi connectivity index (χ1n) is 5.29. The zero-order chi connectivity index (χ0) is 13.3. The topological polar surface area (TPSA) is 37.3 Å². The van der Waals surface area contributed by atoms with Crippen molar-refractivity contribution in [1.82, 2.24) is 0 Å². The Morgan fingerprint density at radius 1 is 1.11 bits per heavy atom. The van der Waals surface area contributed by atoms with Gasteiger partial charge in [0.2, 0.25) is 0 Å². The van der Waals surface area contributed by atoms with Crippen LogP contribution in [0.2, 0.25) is 0 Å². The molecule has 92 valence electrons. The fourth-order valence-corrected chi connectivity index (χ4v) is 1.90. The van der Waals surface area contributed by atoms with E-state index < -0.39 is 23.2 Å². The maximum absolute atomic E-state index is 13.5. The average Bonchev–Trinajstić information content (AvgIpc) is 2.28. The van der Waals surface area contributed by atoms with Crippen molar-refractivity contribution in [3.8, 4) is 11.1 Å². The summed E-state index contributed by atoms with van der Waals surface area (Å²) >= 11 is 0. The highest BCUT2D eigenvalue weighted by molar-refractivity contribution is 5.96. The molecule has 0 bridgehead atoms. The van der Waals surface area contributed by atoms with Gasteiger partial charge in [0.05, 0.1) is 0 Å². The first-order chi connectivity index (χ1) is 8.50. The lowest BCUT2D eigenvalue weighted by atomic mass is 9.95. The van der Waals surface area contributed by atoms with Crippen LogP contribution in [0, 0.1) is 18.6 Å². The van der Waals surface area contributed by atoms with Gasteiger partial charge in [-0.3, -0.25) is 0 Å². The van der Waals surface area contributed by atoms with E-state index in [-0.39, 0.29) is 5.56 Å². The van der Waals surface area contributed by atoms with Gasteiger partial charge in [-0.05, 0) is 41.8 Å². The van der Waals surface area contributed by atoms with E-state index in [0.717, 1.165) is 6.07 Å². The third-order valence-corrected chi connectivity index (χ3v) is 2.71. The normalized spacial score (nSPS) is 10.4. The van der Waals surface area contributed by atoms with Gasteiger partial charge >= 0.3 is 5.97 Å². The molecule has 1 N–H and O–H groups in total. The van der Waals surface area contributed by atoms with E-state index in [1.165, 1.54) is 30.3 Å². The number of benzene rings is 2. The summed E-state index contributed by atoms with van der Waals surface area (Å²) in [4.78, 5) is 11.1. The monoisotopic (exact) mass is 248 g/mol. The van der Waals surface area contributed by atoms with Crippen LogP contribution in [0.1, 0.15) is 15.9 Å². The van der Waals surface area contributed by atoms with Crippen LogP contribution in [0.3, 0.4) is 0 Å². The molecule has 0 atom stereocenters. The number of carboxylic acid groups (broad SMARTS) is 1. The Morgan fingerprint density at radius 3 is 2.44 bits per heavy atom. The van der Waals surface area contributed by atoms with Crippen LogP contribution in [0.4, 0.5) is 8.78 Å². The SMILES string of the molecule is Cc1cc(F)ccc1-c1cccc(F)c1C(=O)O. The van der Waals surface area contributed by atoms with E-state index in [9.17, 15) is 13.6 Å². The van der Waals surface area contributed by atoms with Gasteiger partial charge in [-0.2, -0.15) is 0 Å². The number of carbonyl (C=O) groups is 1. The molecule has 2 aromatic rings. The summed E-state index contributed by atoms with van der Waals surface area (Å²) in [5.41, 5.74) is 0.920. The summed E-state index contributed by atoms with van der Waals surface area (Å²) in [5, 5.41) is 9.04. The van der Waals surface area contributed by atoms with Gasteiger partial charge in [0, 0.05) is 0 Å². The van der Waals surface area contributed by atoms with Gasteiger partial charge in [0.25, 0.3) is 0 Å². The molecule has 0 heterocycles. The summed E-state index contributed by atoms with van der Waals surface area (Å²) in [7, 11) is 0. The van der Waals surface area contributed by atoms with Crippen LogP contribution >= 0.6 is 0 Å². The molecule has 0 aliphatic rings. The Bertz CT molecular complexity index is 621. The molecular formula is C14H10F2O2. The van der Waals surface area contributed by atoms with Crippen molar-refractivity contribution in [2.24, 2.45) is 0 Å². The van der Waals surface area contributed by atoms with Crippen LogP contribution in [0.25, 0.3) is 11.1 Å². The van der Waals surface area contributed by atoms with Gasteiger partial charge in [0.1, 0.15) is 17.2 Å². The Labute approximate surface area is 103 Å². The highest BCUT2D eigenvalue weighted by Crippen LogP contribution is 2.28. The Morgan fingerprint density at radius 2 is 1.83 bits per heavy atom. The minimum Gasteiger partial charge on any atom is -0.478 e. The second-order valence-electron chi connectivity index (χ2n) is 3.93. The highest BCUT2D eigenvalue weighted by Gasteiger charge is 2.17. The zero-order valence-corrected chi connectivity index (χ0v) is 9.58. The fraction of sp³-hybridized carbons (Fsp3) is 0.0714. The quantitative estimate of drug-likeness (QED) is 0.880. The molecule has 0 aliphatic carbocycles. The number of carboxylic acids is 1. The van der Waals surface area contributed by atoms with E-state index in [4.69, 9.17) is 5.11 Å². The highest BCUT2D eigenvalue weighted by atomic mass is 19.1. The molecule has 0 amide bonds. The first-order valence-corrected chi connectivity index (χ1v) is 5.29. The summed E-state index contributed by atoms with van der Waals surface area (Å²) in [5.74, 6) is -2.56. The molecule has 2 aromatic carbocycles. The van der Waals surface area contributed by atoms with Crippen molar-refractivity contribution < 1.29 is 18.7 Å². The third-order valence-electron chi connectivity index (χ3n) is 2.71. The number of aryl methyl sites for hydroxylation is 1. The van der Waals surface area contributed by atoms with E-state index >= 15 is 0 Å². The molecule has 2 nitrogen and oxygen atoms in total. The van der Waals surface area contributed by atoms with Crippen LogP contribution in [-0.2, 0) is 0 Å². The third kappa shape index (κ3) is 2.09. The number of aromatic carboxylic acids is 1. The molecule has 0 saturated heterocycles. The standard InChI is InChI=1S/C14H10F2O2/c1-8-7-9(15)5-6-10(8)11-3-2-4-12(16)13(11)14(17)18/h2-7H,1H3,(H,17,18). The number of rotatable bonds is 2. The predicted octanol–water partition coefficient (Wildman–Crippen LogP) is 3.64. The molecule has 2 rings (SSSR count). The summed E-state index contributed by atoms with van der Waals surface area (Å²) < 4.78 is 26.6. The zero-order valence-electron chi connectivity index (χ0n) is 9.58. The lowest BCUT2D eigenvalue weighted by Gasteiger charge is -2.10. The van der Waals surface area contributed by atoms with E-state index in [1.807, 2.05) is 0 Å². The molecule has 0 aliphatic heterocycles. The number of halogens is 2. The van der Waals surface area contributed by atoms with Crippen LogP contribution < -0.4 is 0 Å². The van der Waals surface area contributed by atoms with Crippen LogP contribution in [-0.4, -0.2) is 11.1 Å². The van der Waals surface area contributed by atoms with Gasteiger partial charge in [-0.15, -0.1) is 0 Å². The number of hydrogen-bond donors (Lipinski definition) is 1.